The van der Waals surface area contributed by atoms with Crippen LogP contribution in [-0.2, 0) is 5.41 Å². The van der Waals surface area contributed by atoms with Crippen LogP contribution >= 0.6 is 0 Å². The fraction of sp³-hybridized carbons (Fsp3) is 0.733. The Kier molecular flexibility index (Phi) is 6.20. The van der Waals surface area contributed by atoms with E-state index in [0.29, 0.717) is 5.82 Å². The van der Waals surface area contributed by atoms with Gasteiger partial charge in [-0.25, -0.2) is 9.97 Å². The van der Waals surface area contributed by atoms with Crippen LogP contribution in [0, 0.1) is 6.92 Å². The predicted molar refractivity (Wildman–Crippen MR) is 83.9 cm³/mol. The third-order valence-electron chi connectivity index (χ3n) is 3.23. The number of aromatic nitrogens is 2. The molecule has 0 amide bonds. The average molecular weight is 280 g/mol. The van der Waals surface area contributed by atoms with E-state index in [0.717, 1.165) is 49.4 Å². The lowest BCUT2D eigenvalue weighted by atomic mass is 9.95. The van der Waals surface area contributed by atoms with Gasteiger partial charge in [0.05, 0.1) is 0 Å². The average Bonchev–Trinajstić information content (AvgIpc) is 2.37. The maximum absolute atomic E-state index is 8.73. The SMILES string of the molecule is Cc1c(N)nc(C(C)(C)C)nc1NCCCCCCO. The molecule has 0 radical (unpaired) electrons. The molecule has 0 saturated carbocycles. The summed E-state index contributed by atoms with van der Waals surface area (Å²) >= 11 is 0. The summed E-state index contributed by atoms with van der Waals surface area (Å²) < 4.78 is 0. The minimum atomic E-state index is -0.112. The van der Waals surface area contributed by atoms with Gasteiger partial charge in [0.15, 0.2) is 0 Å². The van der Waals surface area contributed by atoms with Gasteiger partial charge in [0.25, 0.3) is 0 Å². The zero-order valence-corrected chi connectivity index (χ0v) is 13.2. The van der Waals surface area contributed by atoms with Crippen LogP contribution in [0.3, 0.4) is 0 Å². The van der Waals surface area contributed by atoms with Gasteiger partial charge in [0.1, 0.15) is 17.5 Å². The van der Waals surface area contributed by atoms with Crippen LogP contribution in [0.5, 0.6) is 0 Å². The number of hydrogen-bond acceptors (Lipinski definition) is 5. The van der Waals surface area contributed by atoms with Crippen LogP contribution in [0.15, 0.2) is 0 Å². The van der Waals surface area contributed by atoms with Gasteiger partial charge < -0.3 is 16.2 Å². The van der Waals surface area contributed by atoms with E-state index in [2.05, 4.69) is 36.1 Å². The smallest absolute Gasteiger partial charge is 0.138 e. The number of aliphatic hydroxyl groups excluding tert-OH is 1. The van der Waals surface area contributed by atoms with Gasteiger partial charge in [-0.15, -0.1) is 0 Å². The second-order valence-corrected chi connectivity index (χ2v) is 6.22. The minimum absolute atomic E-state index is 0.112. The Morgan fingerprint density at radius 2 is 1.75 bits per heavy atom. The molecule has 0 aliphatic rings. The van der Waals surface area contributed by atoms with E-state index in [1.807, 2.05) is 6.92 Å². The standard InChI is InChI=1S/C15H28N4O/c1-11-12(16)18-14(15(2,3)4)19-13(11)17-9-7-5-6-8-10-20/h20H,5-10H2,1-4H3,(H3,16,17,18,19). The number of hydrogen-bond donors (Lipinski definition) is 3. The van der Waals surface area contributed by atoms with Crippen LogP contribution in [-0.4, -0.2) is 28.2 Å². The maximum atomic E-state index is 8.73. The Hall–Kier alpha value is -1.36. The Balaban J connectivity index is 2.63. The van der Waals surface area contributed by atoms with Crippen molar-refractivity contribution in [2.45, 2.75) is 58.8 Å². The highest BCUT2D eigenvalue weighted by Crippen LogP contribution is 2.24. The first kappa shape index (κ1) is 16.7. The monoisotopic (exact) mass is 280 g/mol. The van der Waals surface area contributed by atoms with Crippen molar-refractivity contribution in [2.24, 2.45) is 0 Å². The van der Waals surface area contributed by atoms with E-state index in [4.69, 9.17) is 10.8 Å². The molecule has 0 saturated heterocycles. The summed E-state index contributed by atoms with van der Waals surface area (Å²) in [5.74, 6) is 2.15. The third kappa shape index (κ3) is 4.96. The van der Waals surface area contributed by atoms with Crippen LogP contribution in [0.4, 0.5) is 11.6 Å². The fourth-order valence-electron chi connectivity index (χ4n) is 1.84. The highest BCUT2D eigenvalue weighted by molar-refractivity contribution is 5.55. The molecular formula is C15H28N4O. The van der Waals surface area contributed by atoms with E-state index >= 15 is 0 Å². The molecule has 0 bridgehead atoms. The molecule has 0 aromatic carbocycles. The highest BCUT2D eigenvalue weighted by atomic mass is 16.2. The number of nitrogen functional groups attached to an aromatic ring is 1. The number of nitrogens with two attached hydrogens (primary N) is 1. The molecule has 0 aliphatic heterocycles. The van der Waals surface area contributed by atoms with Gasteiger partial charge >= 0.3 is 0 Å². The second kappa shape index (κ2) is 7.43. The molecule has 1 heterocycles. The van der Waals surface area contributed by atoms with Crippen molar-refractivity contribution in [3.05, 3.63) is 11.4 Å². The summed E-state index contributed by atoms with van der Waals surface area (Å²) in [5.41, 5.74) is 6.77. The molecule has 0 unspecified atom stereocenters. The van der Waals surface area contributed by atoms with Crippen molar-refractivity contribution in [1.29, 1.82) is 0 Å². The predicted octanol–water partition coefficient (Wildman–Crippen LogP) is 2.63. The summed E-state index contributed by atoms with van der Waals surface area (Å²) in [5, 5.41) is 12.1. The van der Waals surface area contributed by atoms with Gasteiger partial charge in [-0.05, 0) is 19.8 Å². The summed E-state index contributed by atoms with van der Waals surface area (Å²) in [6, 6.07) is 0. The number of anilines is 2. The number of aliphatic hydroxyl groups is 1. The lowest BCUT2D eigenvalue weighted by molar-refractivity contribution is 0.283. The van der Waals surface area contributed by atoms with Gasteiger partial charge in [-0.2, -0.15) is 0 Å². The van der Waals surface area contributed by atoms with Crippen LogP contribution < -0.4 is 11.1 Å². The first-order valence-electron chi connectivity index (χ1n) is 7.35. The van der Waals surface area contributed by atoms with Crippen LogP contribution in [0.2, 0.25) is 0 Å². The zero-order valence-electron chi connectivity index (χ0n) is 13.2. The fourth-order valence-corrected chi connectivity index (χ4v) is 1.84. The first-order valence-corrected chi connectivity index (χ1v) is 7.35. The van der Waals surface area contributed by atoms with E-state index in [9.17, 15) is 0 Å². The summed E-state index contributed by atoms with van der Waals surface area (Å²) in [6.07, 6.45) is 4.12. The van der Waals surface area contributed by atoms with E-state index in [1.54, 1.807) is 0 Å². The number of nitrogens with zero attached hydrogens (tertiary/aromatic N) is 2. The highest BCUT2D eigenvalue weighted by Gasteiger charge is 2.20. The quantitative estimate of drug-likeness (QED) is 0.669. The number of unbranched alkanes of at least 4 members (excludes halogenated alkanes) is 3. The lowest BCUT2D eigenvalue weighted by Gasteiger charge is -2.19. The Morgan fingerprint density at radius 1 is 1.10 bits per heavy atom. The van der Waals surface area contributed by atoms with Gasteiger partial charge in [-0.3, -0.25) is 0 Å². The third-order valence-corrected chi connectivity index (χ3v) is 3.23. The van der Waals surface area contributed by atoms with Gasteiger partial charge in [0.2, 0.25) is 0 Å². The molecule has 4 N–H and O–H groups in total. The molecule has 5 heteroatoms. The van der Waals surface area contributed by atoms with E-state index in [1.165, 1.54) is 0 Å². The molecule has 5 nitrogen and oxygen atoms in total. The molecule has 0 atom stereocenters. The molecule has 0 fully saturated rings. The molecule has 0 spiro atoms. The van der Waals surface area contributed by atoms with Crippen molar-refractivity contribution in [3.63, 3.8) is 0 Å². The molecule has 1 aromatic heterocycles. The second-order valence-electron chi connectivity index (χ2n) is 6.22. The molecule has 1 aromatic rings. The Bertz CT molecular complexity index is 427. The maximum Gasteiger partial charge on any atom is 0.138 e. The molecular weight excluding hydrogens is 252 g/mol. The summed E-state index contributed by atoms with van der Waals surface area (Å²) in [4.78, 5) is 8.97. The van der Waals surface area contributed by atoms with Crippen molar-refractivity contribution in [1.82, 2.24) is 9.97 Å². The molecule has 0 aliphatic carbocycles. The number of nitrogens with one attached hydrogen (secondary N) is 1. The number of rotatable bonds is 7. The van der Waals surface area contributed by atoms with Gasteiger partial charge in [0, 0.05) is 24.1 Å². The normalized spacial score (nSPS) is 11.7. The summed E-state index contributed by atoms with van der Waals surface area (Å²) in [6.45, 7) is 9.33. The topological polar surface area (TPSA) is 84.1 Å². The van der Waals surface area contributed by atoms with Crippen LogP contribution in [0.1, 0.15) is 57.8 Å². The van der Waals surface area contributed by atoms with Crippen LogP contribution in [0.25, 0.3) is 0 Å². The van der Waals surface area contributed by atoms with Crippen molar-refractivity contribution >= 4 is 11.6 Å². The molecule has 20 heavy (non-hydrogen) atoms. The van der Waals surface area contributed by atoms with Crippen molar-refractivity contribution < 1.29 is 5.11 Å². The molecule has 1 rings (SSSR count). The molecule has 114 valence electrons. The largest absolute Gasteiger partial charge is 0.396 e. The van der Waals surface area contributed by atoms with Crippen molar-refractivity contribution in [2.75, 3.05) is 24.2 Å². The zero-order chi connectivity index (χ0) is 15.2. The summed E-state index contributed by atoms with van der Waals surface area (Å²) in [7, 11) is 0. The Labute approximate surface area is 122 Å². The van der Waals surface area contributed by atoms with Gasteiger partial charge in [-0.1, -0.05) is 33.6 Å². The minimum Gasteiger partial charge on any atom is -0.396 e. The van der Waals surface area contributed by atoms with E-state index in [-0.39, 0.29) is 12.0 Å². The lowest BCUT2D eigenvalue weighted by Crippen LogP contribution is -2.19. The Morgan fingerprint density at radius 3 is 2.35 bits per heavy atom. The first-order chi connectivity index (χ1) is 9.36. The van der Waals surface area contributed by atoms with E-state index < -0.39 is 0 Å². The van der Waals surface area contributed by atoms with Crippen molar-refractivity contribution in [3.8, 4) is 0 Å².